The highest BCUT2D eigenvalue weighted by molar-refractivity contribution is 9.10. The topological polar surface area (TPSA) is 35.2 Å². The SMILES string of the molecule is Nc1ccc(Cl)c(OCc2cccc(F)c2Br)c1. The lowest BCUT2D eigenvalue weighted by atomic mass is 10.2. The average molecular weight is 331 g/mol. The molecule has 0 aromatic heterocycles. The number of nitrogen functional groups attached to an aromatic ring is 1. The monoisotopic (exact) mass is 329 g/mol. The second kappa shape index (κ2) is 5.59. The Morgan fingerprint density at radius 1 is 1.28 bits per heavy atom. The lowest BCUT2D eigenvalue weighted by Crippen LogP contribution is -1.99. The first-order valence-corrected chi connectivity index (χ1v) is 6.35. The fourth-order valence-electron chi connectivity index (χ4n) is 1.45. The highest BCUT2D eigenvalue weighted by atomic mass is 79.9. The maximum absolute atomic E-state index is 13.3. The van der Waals surface area contributed by atoms with E-state index in [-0.39, 0.29) is 12.4 Å². The molecular weight excluding hydrogens is 321 g/mol. The van der Waals surface area contributed by atoms with Gasteiger partial charge in [-0.2, -0.15) is 0 Å². The fraction of sp³-hybridized carbons (Fsp3) is 0.0769. The Bertz CT molecular complexity index is 575. The van der Waals surface area contributed by atoms with Crippen LogP contribution in [0.4, 0.5) is 10.1 Å². The number of halogens is 3. The number of hydrogen-bond acceptors (Lipinski definition) is 2. The molecule has 0 aliphatic carbocycles. The Morgan fingerprint density at radius 3 is 2.83 bits per heavy atom. The largest absolute Gasteiger partial charge is 0.487 e. The van der Waals surface area contributed by atoms with Gasteiger partial charge < -0.3 is 10.5 Å². The molecular formula is C13H10BrClFNO. The van der Waals surface area contributed by atoms with Crippen molar-refractivity contribution in [2.75, 3.05) is 5.73 Å². The number of nitrogens with two attached hydrogens (primary N) is 1. The summed E-state index contributed by atoms with van der Waals surface area (Å²) in [6.45, 7) is 0.210. The number of anilines is 1. The molecule has 0 bridgehead atoms. The first-order valence-electron chi connectivity index (χ1n) is 5.18. The van der Waals surface area contributed by atoms with Crippen molar-refractivity contribution in [2.24, 2.45) is 0 Å². The van der Waals surface area contributed by atoms with Crippen molar-refractivity contribution in [3.8, 4) is 5.75 Å². The van der Waals surface area contributed by atoms with E-state index in [1.165, 1.54) is 6.07 Å². The third-order valence-electron chi connectivity index (χ3n) is 2.37. The maximum Gasteiger partial charge on any atom is 0.140 e. The van der Waals surface area contributed by atoms with Gasteiger partial charge in [0.1, 0.15) is 18.2 Å². The zero-order valence-corrected chi connectivity index (χ0v) is 11.6. The standard InChI is InChI=1S/C13H10BrClFNO/c14-13-8(2-1-3-11(13)16)7-18-12-6-9(17)4-5-10(12)15/h1-6H,7,17H2. The van der Waals surface area contributed by atoms with Crippen molar-refractivity contribution in [2.45, 2.75) is 6.61 Å². The van der Waals surface area contributed by atoms with Crippen molar-refractivity contribution in [1.29, 1.82) is 0 Å². The summed E-state index contributed by atoms with van der Waals surface area (Å²) in [6, 6.07) is 9.75. The number of benzene rings is 2. The molecule has 2 aromatic carbocycles. The molecule has 2 nitrogen and oxygen atoms in total. The number of ether oxygens (including phenoxy) is 1. The second-order valence-electron chi connectivity index (χ2n) is 3.69. The Hall–Kier alpha value is -1.26. The van der Waals surface area contributed by atoms with Crippen LogP contribution in [0.25, 0.3) is 0 Å². The molecule has 0 aliphatic rings. The van der Waals surface area contributed by atoms with E-state index in [1.807, 2.05) is 0 Å². The third kappa shape index (κ3) is 2.94. The van der Waals surface area contributed by atoms with Crippen LogP contribution in [-0.4, -0.2) is 0 Å². The first-order chi connectivity index (χ1) is 8.58. The molecule has 2 aromatic rings. The molecule has 0 amide bonds. The van der Waals surface area contributed by atoms with Crippen LogP contribution in [0.2, 0.25) is 5.02 Å². The summed E-state index contributed by atoms with van der Waals surface area (Å²) in [5.74, 6) is 0.155. The van der Waals surface area contributed by atoms with Crippen LogP contribution in [-0.2, 0) is 6.61 Å². The zero-order chi connectivity index (χ0) is 13.1. The van der Waals surface area contributed by atoms with Crippen LogP contribution >= 0.6 is 27.5 Å². The average Bonchev–Trinajstić information content (AvgIpc) is 2.35. The van der Waals surface area contributed by atoms with Crippen LogP contribution in [0.1, 0.15) is 5.56 Å². The van der Waals surface area contributed by atoms with Gasteiger partial charge in [0.25, 0.3) is 0 Å². The molecule has 0 fully saturated rings. The van der Waals surface area contributed by atoms with E-state index < -0.39 is 0 Å². The molecule has 0 unspecified atom stereocenters. The van der Waals surface area contributed by atoms with E-state index in [1.54, 1.807) is 30.3 Å². The number of rotatable bonds is 3. The predicted octanol–water partition coefficient (Wildman–Crippen LogP) is 4.40. The predicted molar refractivity (Wildman–Crippen MR) is 74.3 cm³/mol. The van der Waals surface area contributed by atoms with Crippen LogP contribution in [0.15, 0.2) is 40.9 Å². The van der Waals surface area contributed by atoms with Crippen LogP contribution < -0.4 is 10.5 Å². The molecule has 18 heavy (non-hydrogen) atoms. The summed E-state index contributed by atoms with van der Waals surface area (Å²) in [5, 5.41) is 0.469. The van der Waals surface area contributed by atoms with Crippen molar-refractivity contribution in [3.63, 3.8) is 0 Å². The highest BCUT2D eigenvalue weighted by Gasteiger charge is 2.07. The van der Waals surface area contributed by atoms with Gasteiger partial charge in [0.2, 0.25) is 0 Å². The van der Waals surface area contributed by atoms with E-state index in [0.717, 1.165) is 0 Å². The van der Waals surface area contributed by atoms with Gasteiger partial charge in [-0.3, -0.25) is 0 Å². The quantitative estimate of drug-likeness (QED) is 0.846. The summed E-state index contributed by atoms with van der Waals surface area (Å²) in [4.78, 5) is 0. The molecule has 2 N–H and O–H groups in total. The lowest BCUT2D eigenvalue weighted by molar-refractivity contribution is 0.305. The Kier molecular flexibility index (Phi) is 4.09. The van der Waals surface area contributed by atoms with Gasteiger partial charge >= 0.3 is 0 Å². The molecule has 94 valence electrons. The second-order valence-corrected chi connectivity index (χ2v) is 4.89. The minimum atomic E-state index is -0.324. The highest BCUT2D eigenvalue weighted by Crippen LogP contribution is 2.28. The minimum Gasteiger partial charge on any atom is -0.487 e. The van der Waals surface area contributed by atoms with Crippen molar-refractivity contribution < 1.29 is 9.13 Å². The van der Waals surface area contributed by atoms with Crippen LogP contribution in [0.3, 0.4) is 0 Å². The van der Waals surface area contributed by atoms with E-state index >= 15 is 0 Å². The first kappa shape index (κ1) is 13.2. The van der Waals surface area contributed by atoms with Crippen LogP contribution in [0, 0.1) is 5.82 Å². The minimum absolute atomic E-state index is 0.210. The molecule has 2 rings (SSSR count). The fourth-order valence-corrected chi connectivity index (χ4v) is 2.00. The van der Waals surface area contributed by atoms with Crippen molar-refractivity contribution in [3.05, 3.63) is 57.3 Å². The molecule has 0 saturated carbocycles. The molecule has 0 spiro atoms. The molecule has 5 heteroatoms. The van der Waals surface area contributed by atoms with Gasteiger partial charge in [0, 0.05) is 17.3 Å². The Labute approximate surface area is 118 Å². The summed E-state index contributed by atoms with van der Waals surface area (Å²) in [5.41, 5.74) is 6.91. The van der Waals surface area contributed by atoms with E-state index in [4.69, 9.17) is 22.1 Å². The molecule has 0 aliphatic heterocycles. The van der Waals surface area contributed by atoms with Crippen LogP contribution in [0.5, 0.6) is 5.75 Å². The smallest absolute Gasteiger partial charge is 0.140 e. The molecule has 0 saturated heterocycles. The summed E-state index contributed by atoms with van der Waals surface area (Å²) in [7, 11) is 0. The molecule has 0 radical (unpaired) electrons. The van der Waals surface area contributed by atoms with Crippen molar-refractivity contribution in [1.82, 2.24) is 0 Å². The lowest BCUT2D eigenvalue weighted by Gasteiger charge is -2.10. The maximum atomic E-state index is 13.3. The molecule has 0 atom stereocenters. The Balaban J connectivity index is 2.16. The summed E-state index contributed by atoms with van der Waals surface area (Å²) < 4.78 is 19.2. The Morgan fingerprint density at radius 2 is 2.06 bits per heavy atom. The summed E-state index contributed by atoms with van der Waals surface area (Å²) in [6.07, 6.45) is 0. The van der Waals surface area contributed by atoms with Gasteiger partial charge in [0.05, 0.1) is 9.50 Å². The third-order valence-corrected chi connectivity index (χ3v) is 3.57. The van der Waals surface area contributed by atoms with E-state index in [2.05, 4.69) is 15.9 Å². The zero-order valence-electron chi connectivity index (χ0n) is 9.29. The van der Waals surface area contributed by atoms with Crippen molar-refractivity contribution >= 4 is 33.2 Å². The molecule has 0 heterocycles. The van der Waals surface area contributed by atoms with Gasteiger partial charge in [0.15, 0.2) is 0 Å². The summed E-state index contributed by atoms with van der Waals surface area (Å²) >= 11 is 9.14. The van der Waals surface area contributed by atoms with Gasteiger partial charge in [-0.05, 0) is 34.1 Å². The number of hydrogen-bond donors (Lipinski definition) is 1. The van der Waals surface area contributed by atoms with Gasteiger partial charge in [-0.1, -0.05) is 23.7 Å². The van der Waals surface area contributed by atoms with E-state index in [0.29, 0.717) is 26.5 Å². The normalized spacial score (nSPS) is 10.4. The van der Waals surface area contributed by atoms with Gasteiger partial charge in [-0.25, -0.2) is 4.39 Å². The van der Waals surface area contributed by atoms with Gasteiger partial charge in [-0.15, -0.1) is 0 Å². The van der Waals surface area contributed by atoms with E-state index in [9.17, 15) is 4.39 Å².